The smallest absolute Gasteiger partial charge is 0.243 e. The molecule has 0 aliphatic heterocycles. The number of thioether (sulfide) groups is 1. The van der Waals surface area contributed by atoms with Crippen LogP contribution in [0.25, 0.3) is 0 Å². The Kier molecular flexibility index (Phi) is 10.4. The molecule has 1 aliphatic rings. The summed E-state index contributed by atoms with van der Waals surface area (Å²) in [6, 6.07) is 15.0. The maximum Gasteiger partial charge on any atom is 0.243 e. The average molecular weight is 508 g/mol. The molecule has 1 N–H and O–H groups in total. The summed E-state index contributed by atoms with van der Waals surface area (Å²) in [6.07, 6.45) is 6.01. The van der Waals surface area contributed by atoms with Crippen molar-refractivity contribution < 1.29 is 9.59 Å². The molecule has 0 bridgehead atoms. The maximum absolute atomic E-state index is 13.4. The number of nitrogens with one attached hydrogen (secondary N) is 1. The lowest BCUT2D eigenvalue weighted by Gasteiger charge is -2.33. The molecule has 4 nitrogen and oxygen atoms in total. The molecule has 2 amide bonds. The van der Waals surface area contributed by atoms with E-state index >= 15 is 0 Å². The van der Waals surface area contributed by atoms with Gasteiger partial charge in [0.25, 0.3) is 0 Å². The number of hydrogen-bond donors (Lipinski definition) is 1. The fourth-order valence-electron chi connectivity index (χ4n) is 4.23. The number of halogens is 2. The lowest BCUT2D eigenvalue weighted by atomic mass is 9.95. The molecular weight excluding hydrogens is 475 g/mol. The van der Waals surface area contributed by atoms with Crippen molar-refractivity contribution >= 4 is 46.8 Å². The Balaban J connectivity index is 1.75. The third kappa shape index (κ3) is 7.66. The van der Waals surface area contributed by atoms with Crippen molar-refractivity contribution in [1.82, 2.24) is 10.2 Å². The number of hydrogen-bond acceptors (Lipinski definition) is 3. The molecule has 2 aromatic rings. The Morgan fingerprint density at radius 3 is 2.33 bits per heavy atom. The maximum atomic E-state index is 13.4. The van der Waals surface area contributed by atoms with E-state index in [1.165, 1.54) is 6.42 Å². The molecule has 0 spiro atoms. The second kappa shape index (κ2) is 13.3. The van der Waals surface area contributed by atoms with Crippen LogP contribution in [-0.2, 0) is 21.9 Å². The highest BCUT2D eigenvalue weighted by atomic mass is 35.5. The van der Waals surface area contributed by atoms with Crippen molar-refractivity contribution in [3.05, 3.63) is 69.7 Å². The zero-order valence-electron chi connectivity index (χ0n) is 19.1. The summed E-state index contributed by atoms with van der Waals surface area (Å²) >= 11 is 14.4. The molecule has 33 heavy (non-hydrogen) atoms. The van der Waals surface area contributed by atoms with Crippen LogP contribution in [-0.4, -0.2) is 34.6 Å². The SMILES string of the molecule is CC[C@@H](C(=O)NC1CCCCC1)N(Cc1c(Cl)cccc1Cl)C(=O)CSCc1ccccc1. The summed E-state index contributed by atoms with van der Waals surface area (Å²) in [5.74, 6) is 0.842. The van der Waals surface area contributed by atoms with Gasteiger partial charge in [-0.1, -0.05) is 85.8 Å². The first-order valence-electron chi connectivity index (χ1n) is 11.6. The first kappa shape index (κ1) is 25.9. The van der Waals surface area contributed by atoms with Crippen LogP contribution in [0.2, 0.25) is 10.0 Å². The minimum atomic E-state index is -0.566. The van der Waals surface area contributed by atoms with Crippen LogP contribution in [0.1, 0.15) is 56.6 Å². The molecule has 0 aromatic heterocycles. The number of nitrogens with zero attached hydrogens (tertiary/aromatic N) is 1. The van der Waals surface area contributed by atoms with E-state index in [4.69, 9.17) is 23.2 Å². The van der Waals surface area contributed by atoms with Crippen molar-refractivity contribution in [2.75, 3.05) is 5.75 Å². The molecule has 1 fully saturated rings. The fourth-order valence-corrected chi connectivity index (χ4v) is 5.62. The molecule has 7 heteroatoms. The number of benzene rings is 2. The first-order valence-corrected chi connectivity index (χ1v) is 13.5. The molecule has 178 valence electrons. The predicted molar refractivity (Wildman–Crippen MR) is 139 cm³/mol. The van der Waals surface area contributed by atoms with E-state index in [1.807, 2.05) is 37.3 Å². The van der Waals surface area contributed by atoms with E-state index < -0.39 is 6.04 Å². The lowest BCUT2D eigenvalue weighted by Crippen LogP contribution is -2.52. The quantitative estimate of drug-likeness (QED) is 0.400. The average Bonchev–Trinajstić information content (AvgIpc) is 2.82. The van der Waals surface area contributed by atoms with Crippen LogP contribution in [0.5, 0.6) is 0 Å². The highest BCUT2D eigenvalue weighted by Crippen LogP contribution is 2.28. The largest absolute Gasteiger partial charge is 0.352 e. The third-order valence-electron chi connectivity index (χ3n) is 6.06. The zero-order chi connectivity index (χ0) is 23.6. The van der Waals surface area contributed by atoms with Crippen LogP contribution in [0, 0.1) is 0 Å². The topological polar surface area (TPSA) is 49.4 Å². The van der Waals surface area contributed by atoms with E-state index in [2.05, 4.69) is 5.32 Å². The van der Waals surface area contributed by atoms with Gasteiger partial charge in [-0.2, -0.15) is 0 Å². The Hall–Kier alpha value is -1.69. The molecule has 0 saturated heterocycles. The van der Waals surface area contributed by atoms with Gasteiger partial charge in [0.05, 0.1) is 5.75 Å². The van der Waals surface area contributed by atoms with Gasteiger partial charge >= 0.3 is 0 Å². The number of carbonyl (C=O) groups excluding carboxylic acids is 2. The van der Waals surface area contributed by atoms with Crippen LogP contribution < -0.4 is 5.32 Å². The minimum Gasteiger partial charge on any atom is -0.352 e. The summed E-state index contributed by atoms with van der Waals surface area (Å²) in [4.78, 5) is 28.3. The third-order valence-corrected chi connectivity index (χ3v) is 7.76. The van der Waals surface area contributed by atoms with Crippen LogP contribution in [0.4, 0.5) is 0 Å². The minimum absolute atomic E-state index is 0.0856. The van der Waals surface area contributed by atoms with Gasteiger partial charge in [0.15, 0.2) is 0 Å². The second-order valence-electron chi connectivity index (χ2n) is 8.47. The summed E-state index contributed by atoms with van der Waals surface area (Å²) in [6.45, 7) is 2.15. The van der Waals surface area contributed by atoms with E-state index in [9.17, 15) is 9.59 Å². The van der Waals surface area contributed by atoms with Gasteiger partial charge in [-0.3, -0.25) is 9.59 Å². The highest BCUT2D eigenvalue weighted by Gasteiger charge is 2.31. The Labute approximate surface area is 211 Å². The van der Waals surface area contributed by atoms with Gasteiger partial charge in [0.1, 0.15) is 6.04 Å². The second-order valence-corrected chi connectivity index (χ2v) is 10.3. The van der Waals surface area contributed by atoms with Crippen molar-refractivity contribution in [2.24, 2.45) is 0 Å². The predicted octanol–water partition coefficient (Wildman–Crippen LogP) is 6.48. The monoisotopic (exact) mass is 506 g/mol. The standard InChI is InChI=1S/C26H32Cl2N2O2S/c1-2-24(26(32)29-20-12-7-4-8-13-20)30(16-21-22(27)14-9-15-23(21)28)25(31)18-33-17-19-10-5-3-6-11-19/h3,5-6,9-11,14-15,20,24H,2,4,7-8,12-13,16-18H2,1H3,(H,29,32)/t24-/m0/s1. The number of amides is 2. The van der Waals surface area contributed by atoms with Gasteiger partial charge in [0.2, 0.25) is 11.8 Å². The van der Waals surface area contributed by atoms with Crippen LogP contribution in [0.15, 0.2) is 48.5 Å². The molecule has 2 aromatic carbocycles. The Bertz CT molecular complexity index is 900. The summed E-state index contributed by atoms with van der Waals surface area (Å²) in [5, 5.41) is 4.20. The fraction of sp³-hybridized carbons (Fsp3) is 0.462. The normalized spacial score (nSPS) is 15.1. The summed E-state index contributed by atoms with van der Waals surface area (Å²) < 4.78 is 0. The number of rotatable bonds is 10. The molecule has 3 rings (SSSR count). The summed E-state index contributed by atoms with van der Waals surface area (Å²) in [7, 11) is 0. The van der Waals surface area contributed by atoms with E-state index in [-0.39, 0.29) is 30.2 Å². The Morgan fingerprint density at radius 2 is 1.70 bits per heavy atom. The molecule has 1 saturated carbocycles. The summed E-state index contributed by atoms with van der Waals surface area (Å²) in [5.41, 5.74) is 1.84. The van der Waals surface area contributed by atoms with Crippen molar-refractivity contribution in [2.45, 2.75) is 69.8 Å². The molecule has 0 radical (unpaired) electrons. The molecule has 1 atom stereocenters. The highest BCUT2D eigenvalue weighted by molar-refractivity contribution is 7.99. The van der Waals surface area contributed by atoms with E-state index in [0.29, 0.717) is 22.0 Å². The zero-order valence-corrected chi connectivity index (χ0v) is 21.4. The van der Waals surface area contributed by atoms with Gasteiger partial charge in [-0.25, -0.2) is 0 Å². The molecule has 1 aliphatic carbocycles. The van der Waals surface area contributed by atoms with Crippen molar-refractivity contribution in [3.63, 3.8) is 0 Å². The van der Waals surface area contributed by atoms with Crippen molar-refractivity contribution in [1.29, 1.82) is 0 Å². The van der Waals surface area contributed by atoms with Gasteiger partial charge < -0.3 is 10.2 Å². The van der Waals surface area contributed by atoms with Crippen LogP contribution in [0.3, 0.4) is 0 Å². The molecule has 0 unspecified atom stereocenters. The van der Waals surface area contributed by atoms with Gasteiger partial charge in [0, 0.05) is 33.9 Å². The van der Waals surface area contributed by atoms with E-state index in [1.54, 1.807) is 34.9 Å². The lowest BCUT2D eigenvalue weighted by molar-refractivity contribution is -0.139. The van der Waals surface area contributed by atoms with Gasteiger partial charge in [-0.05, 0) is 37.0 Å². The number of carbonyl (C=O) groups is 2. The molecular formula is C26H32Cl2N2O2S. The Morgan fingerprint density at radius 1 is 1.03 bits per heavy atom. The van der Waals surface area contributed by atoms with Crippen molar-refractivity contribution in [3.8, 4) is 0 Å². The first-order chi connectivity index (χ1) is 16.0. The van der Waals surface area contributed by atoms with Crippen LogP contribution >= 0.6 is 35.0 Å². The molecule has 0 heterocycles. The van der Waals surface area contributed by atoms with E-state index in [0.717, 1.165) is 37.0 Å². The van der Waals surface area contributed by atoms with Gasteiger partial charge in [-0.15, -0.1) is 11.8 Å².